The molecular formula is C24H30N2O3S2. The van der Waals surface area contributed by atoms with E-state index < -0.39 is 6.10 Å². The number of aliphatic hydroxyl groups excluding tert-OH is 1. The summed E-state index contributed by atoms with van der Waals surface area (Å²) in [4.78, 5) is 29.9. The molecule has 4 atom stereocenters. The molecule has 0 radical (unpaired) electrons. The predicted molar refractivity (Wildman–Crippen MR) is 126 cm³/mol. The fourth-order valence-corrected chi connectivity index (χ4v) is 8.41. The molecule has 1 aromatic rings. The average Bonchev–Trinajstić information content (AvgIpc) is 3.33. The third kappa shape index (κ3) is 3.77. The Morgan fingerprint density at radius 1 is 1.32 bits per heavy atom. The van der Waals surface area contributed by atoms with Crippen LogP contribution in [0.15, 0.2) is 40.3 Å². The largest absolute Gasteiger partial charge is 0.392 e. The van der Waals surface area contributed by atoms with Crippen molar-refractivity contribution in [3.8, 4) is 0 Å². The van der Waals surface area contributed by atoms with Crippen LogP contribution in [0, 0.1) is 11.3 Å². The summed E-state index contributed by atoms with van der Waals surface area (Å²) < 4.78 is 1.23. The number of allylic oxidation sites excluding steroid dienone is 1. The Balaban J connectivity index is 1.17. The van der Waals surface area contributed by atoms with Crippen LogP contribution < -0.4 is 0 Å². The number of likely N-dealkylation sites (tertiary alicyclic amines) is 1. The Labute approximate surface area is 192 Å². The summed E-state index contributed by atoms with van der Waals surface area (Å²) in [5, 5.41) is 10.8. The maximum atomic E-state index is 13.0. The van der Waals surface area contributed by atoms with Crippen molar-refractivity contribution in [2.45, 2.75) is 56.3 Å². The molecule has 3 fully saturated rings. The average molecular weight is 459 g/mol. The Kier molecular flexibility index (Phi) is 5.74. The number of carbonyl (C=O) groups is 2. The smallest absolute Gasteiger partial charge is 0.236 e. The van der Waals surface area contributed by atoms with Gasteiger partial charge in [-0.05, 0) is 39.2 Å². The number of nitrogens with zero attached hydrogens (tertiary/aromatic N) is 2. The zero-order chi connectivity index (χ0) is 21.8. The lowest BCUT2D eigenvalue weighted by Crippen LogP contribution is -2.60. The number of benzene rings is 1. The van der Waals surface area contributed by atoms with Crippen molar-refractivity contribution in [3.05, 3.63) is 45.8 Å². The molecule has 2 saturated heterocycles. The van der Waals surface area contributed by atoms with Crippen molar-refractivity contribution in [2.24, 2.45) is 11.3 Å². The number of carbonyl (C=O) groups excluding carboxylic acids is 2. The number of thioether (sulfide) groups is 2. The van der Waals surface area contributed by atoms with Crippen LogP contribution in [0.3, 0.4) is 0 Å². The number of amides is 1. The molecule has 3 aliphatic heterocycles. The third-order valence-electron chi connectivity index (χ3n) is 7.20. The molecule has 1 aromatic carbocycles. The number of ketones is 1. The van der Waals surface area contributed by atoms with Crippen LogP contribution in [0.25, 0.3) is 0 Å². The van der Waals surface area contributed by atoms with Gasteiger partial charge in [-0.15, -0.1) is 11.8 Å². The highest BCUT2D eigenvalue weighted by molar-refractivity contribution is 8.23. The van der Waals surface area contributed by atoms with E-state index in [0.717, 1.165) is 50.2 Å². The van der Waals surface area contributed by atoms with Gasteiger partial charge in [0.05, 0.1) is 16.3 Å². The summed E-state index contributed by atoms with van der Waals surface area (Å²) in [6, 6.07) is 9.71. The summed E-state index contributed by atoms with van der Waals surface area (Å²) >= 11 is 3.64. The first-order valence-electron chi connectivity index (χ1n) is 11.3. The van der Waals surface area contributed by atoms with Crippen LogP contribution in [0.4, 0.5) is 0 Å². The predicted octanol–water partition coefficient (Wildman–Crippen LogP) is 3.95. The zero-order valence-electron chi connectivity index (χ0n) is 18.1. The van der Waals surface area contributed by atoms with Gasteiger partial charge in [-0.25, -0.2) is 0 Å². The number of Topliss-reactive ketones (excluding diaryl/α,β-unsaturated/α-hetero) is 1. The van der Waals surface area contributed by atoms with Crippen molar-refractivity contribution in [3.63, 3.8) is 0 Å². The van der Waals surface area contributed by atoms with Gasteiger partial charge in [-0.1, -0.05) is 49.0 Å². The molecular weight excluding hydrogens is 428 g/mol. The van der Waals surface area contributed by atoms with E-state index in [2.05, 4.69) is 4.90 Å². The molecule has 166 valence electrons. The fraction of sp³-hybridized carbons (Fsp3) is 0.583. The number of aliphatic hydroxyl groups is 1. The first kappa shape index (κ1) is 21.6. The summed E-state index contributed by atoms with van der Waals surface area (Å²) in [5.74, 6) is 0.113. The van der Waals surface area contributed by atoms with E-state index in [1.54, 1.807) is 11.8 Å². The van der Waals surface area contributed by atoms with Gasteiger partial charge in [0.2, 0.25) is 5.91 Å². The molecule has 0 spiro atoms. The van der Waals surface area contributed by atoms with E-state index in [4.69, 9.17) is 0 Å². The van der Waals surface area contributed by atoms with Crippen LogP contribution >= 0.6 is 23.5 Å². The lowest BCUT2D eigenvalue weighted by Gasteiger charge is -2.44. The van der Waals surface area contributed by atoms with Gasteiger partial charge in [-0.3, -0.25) is 9.59 Å². The highest BCUT2D eigenvalue weighted by Gasteiger charge is 2.56. The van der Waals surface area contributed by atoms with Crippen molar-refractivity contribution < 1.29 is 14.7 Å². The topological polar surface area (TPSA) is 60.9 Å². The minimum absolute atomic E-state index is 0.0701. The number of rotatable bonds is 8. The second kappa shape index (κ2) is 8.25. The standard InChI is InChI=1S/C24H30N2O3S2/c1-3-18(27)19-21(29)26-15(2)23(31-22(19)26)30-17-9-12-25(13-17)14-24(10-11-24)20(28)16-7-5-4-6-8-16/h4-8,17-19,22,27H,3,9-14H2,1-2H3/t17-,18-,19+,22+/m0/s1. The normalized spacial score (nSPS) is 30.4. The van der Waals surface area contributed by atoms with Crippen molar-refractivity contribution >= 4 is 35.2 Å². The molecule has 4 aliphatic rings. The number of hydrogen-bond acceptors (Lipinski definition) is 6. The Morgan fingerprint density at radius 2 is 2.06 bits per heavy atom. The SMILES string of the molecule is CC[C@H](O)[C@@H]1C(=O)N2C(C)=C(S[C@H]3CCN(CC4(C(=O)c5ccccc5)CC4)C3)S[C@H]12. The second-order valence-corrected chi connectivity index (χ2v) is 12.0. The fourth-order valence-electron chi connectivity index (χ4n) is 5.10. The molecule has 0 unspecified atom stereocenters. The molecule has 5 rings (SSSR count). The van der Waals surface area contributed by atoms with Gasteiger partial charge in [0.25, 0.3) is 0 Å². The third-order valence-corrected chi connectivity index (χ3v) is 10.3. The molecule has 3 heterocycles. The number of fused-ring (bicyclic) bond motifs is 1. The summed E-state index contributed by atoms with van der Waals surface area (Å²) in [6.45, 7) is 6.85. The van der Waals surface area contributed by atoms with Crippen LogP contribution in [-0.4, -0.2) is 63.0 Å². The summed E-state index contributed by atoms with van der Waals surface area (Å²) in [7, 11) is 0. The van der Waals surface area contributed by atoms with E-state index in [9.17, 15) is 14.7 Å². The molecule has 1 saturated carbocycles. The van der Waals surface area contributed by atoms with Gasteiger partial charge < -0.3 is 14.9 Å². The minimum Gasteiger partial charge on any atom is -0.392 e. The van der Waals surface area contributed by atoms with Crippen LogP contribution in [0.1, 0.15) is 49.9 Å². The van der Waals surface area contributed by atoms with Crippen LogP contribution in [-0.2, 0) is 4.79 Å². The van der Waals surface area contributed by atoms with E-state index in [1.165, 1.54) is 4.24 Å². The quantitative estimate of drug-likeness (QED) is 0.470. The van der Waals surface area contributed by atoms with E-state index >= 15 is 0 Å². The van der Waals surface area contributed by atoms with Gasteiger partial charge in [0.1, 0.15) is 5.37 Å². The molecule has 0 aromatic heterocycles. The second-order valence-electron chi connectivity index (χ2n) is 9.33. The van der Waals surface area contributed by atoms with E-state index in [-0.39, 0.29) is 22.6 Å². The highest BCUT2D eigenvalue weighted by atomic mass is 32.2. The highest BCUT2D eigenvalue weighted by Crippen LogP contribution is 2.55. The van der Waals surface area contributed by atoms with Crippen molar-refractivity contribution in [1.29, 1.82) is 0 Å². The zero-order valence-corrected chi connectivity index (χ0v) is 19.8. The molecule has 0 bridgehead atoms. The molecule has 1 aliphatic carbocycles. The Hall–Kier alpha value is -1.28. The molecule has 7 heteroatoms. The summed E-state index contributed by atoms with van der Waals surface area (Å²) in [6.07, 6.45) is 3.17. The minimum atomic E-state index is -0.544. The Bertz CT molecular complexity index is 915. The maximum Gasteiger partial charge on any atom is 0.236 e. The van der Waals surface area contributed by atoms with Gasteiger partial charge >= 0.3 is 0 Å². The Morgan fingerprint density at radius 3 is 2.74 bits per heavy atom. The van der Waals surface area contributed by atoms with Crippen molar-refractivity contribution in [2.75, 3.05) is 19.6 Å². The summed E-state index contributed by atoms with van der Waals surface area (Å²) in [5.41, 5.74) is 1.71. The van der Waals surface area contributed by atoms with Crippen molar-refractivity contribution in [1.82, 2.24) is 9.80 Å². The molecule has 1 N–H and O–H groups in total. The molecule has 5 nitrogen and oxygen atoms in total. The van der Waals surface area contributed by atoms with E-state index in [1.807, 2.05) is 60.8 Å². The first-order valence-corrected chi connectivity index (χ1v) is 13.1. The number of hydrogen-bond donors (Lipinski definition) is 1. The van der Waals surface area contributed by atoms with Crippen LogP contribution in [0.2, 0.25) is 0 Å². The van der Waals surface area contributed by atoms with Crippen LogP contribution in [0.5, 0.6) is 0 Å². The van der Waals surface area contributed by atoms with Gasteiger partial charge in [0, 0.05) is 35.0 Å². The van der Waals surface area contributed by atoms with E-state index in [0.29, 0.717) is 17.5 Å². The lowest BCUT2D eigenvalue weighted by atomic mass is 9.90. The lowest BCUT2D eigenvalue weighted by molar-refractivity contribution is -0.153. The first-order chi connectivity index (χ1) is 14.9. The maximum absolute atomic E-state index is 13.0. The molecule has 31 heavy (non-hydrogen) atoms. The monoisotopic (exact) mass is 458 g/mol. The van der Waals surface area contributed by atoms with Gasteiger partial charge in [0.15, 0.2) is 5.78 Å². The number of β-lactam (4-membered cyclic amide) rings is 1. The van der Waals surface area contributed by atoms with Gasteiger partial charge in [-0.2, -0.15) is 0 Å². The molecule has 1 amide bonds.